The summed E-state index contributed by atoms with van der Waals surface area (Å²) < 4.78 is 5.92. The Labute approximate surface area is 210 Å². The van der Waals surface area contributed by atoms with Crippen molar-refractivity contribution in [1.82, 2.24) is 20.6 Å². The summed E-state index contributed by atoms with van der Waals surface area (Å²) in [4.78, 5) is 22.4. The van der Waals surface area contributed by atoms with Crippen molar-refractivity contribution in [1.29, 1.82) is 0 Å². The largest absolute Gasteiger partial charge is 0.477 e. The molecule has 4 rings (SSSR count). The standard InChI is InChI=1S/C28H32N4O2S/c1-2-3-4-8-15-34-27-25-24(19-35-28(25)32-20-31-27)26(33)30-18-23-13-11-22(12-14-23)17-29-16-21-9-6-5-7-10-21/h5-7,9-14,19-20,29H,2-4,8,15-18H2,1H3,(H,30,33). The zero-order valence-corrected chi connectivity index (χ0v) is 20.9. The van der Waals surface area contributed by atoms with Gasteiger partial charge in [-0.3, -0.25) is 4.79 Å². The third kappa shape index (κ3) is 7.10. The Bertz CT molecular complexity index is 1210. The molecule has 0 atom stereocenters. The van der Waals surface area contributed by atoms with Gasteiger partial charge in [-0.15, -0.1) is 11.3 Å². The maximum atomic E-state index is 13.0. The molecule has 6 nitrogen and oxygen atoms in total. The van der Waals surface area contributed by atoms with Crippen LogP contribution in [0.15, 0.2) is 66.3 Å². The Morgan fingerprint density at radius 3 is 2.34 bits per heavy atom. The molecular formula is C28H32N4O2S. The summed E-state index contributed by atoms with van der Waals surface area (Å²) in [5.41, 5.74) is 4.09. The SMILES string of the molecule is CCCCCCOc1ncnc2scc(C(=O)NCc3ccc(CNCc4ccccc4)cc3)c12. The van der Waals surface area contributed by atoms with E-state index < -0.39 is 0 Å². The summed E-state index contributed by atoms with van der Waals surface area (Å²) in [6.07, 6.45) is 5.98. The number of thiophene rings is 1. The fourth-order valence-electron chi connectivity index (χ4n) is 3.82. The molecular weight excluding hydrogens is 456 g/mol. The van der Waals surface area contributed by atoms with Crippen LogP contribution in [0.5, 0.6) is 5.88 Å². The summed E-state index contributed by atoms with van der Waals surface area (Å²) in [5.74, 6) is 0.348. The van der Waals surface area contributed by atoms with Crippen LogP contribution < -0.4 is 15.4 Å². The van der Waals surface area contributed by atoms with Gasteiger partial charge in [0.2, 0.25) is 5.88 Å². The number of aromatic nitrogens is 2. The van der Waals surface area contributed by atoms with Crippen LogP contribution in [0.25, 0.3) is 10.2 Å². The van der Waals surface area contributed by atoms with Crippen LogP contribution in [-0.4, -0.2) is 22.5 Å². The lowest BCUT2D eigenvalue weighted by molar-refractivity contribution is 0.0952. The number of fused-ring (bicyclic) bond motifs is 1. The summed E-state index contributed by atoms with van der Waals surface area (Å²) in [6, 6.07) is 18.7. The Balaban J connectivity index is 1.30. The van der Waals surface area contributed by atoms with E-state index in [4.69, 9.17) is 4.74 Å². The van der Waals surface area contributed by atoms with Crippen LogP contribution in [0.3, 0.4) is 0 Å². The minimum absolute atomic E-state index is 0.143. The van der Waals surface area contributed by atoms with Crippen LogP contribution in [0.1, 0.15) is 59.7 Å². The average molecular weight is 489 g/mol. The number of hydrogen-bond donors (Lipinski definition) is 2. The van der Waals surface area contributed by atoms with E-state index in [1.54, 1.807) is 0 Å². The number of hydrogen-bond acceptors (Lipinski definition) is 6. The molecule has 2 aromatic heterocycles. The van der Waals surface area contributed by atoms with E-state index in [1.807, 2.05) is 11.4 Å². The number of carbonyl (C=O) groups excluding carboxylic acids is 1. The van der Waals surface area contributed by atoms with Crippen molar-refractivity contribution < 1.29 is 9.53 Å². The lowest BCUT2D eigenvalue weighted by Gasteiger charge is -2.09. The molecule has 0 unspecified atom stereocenters. The monoisotopic (exact) mass is 488 g/mol. The quantitative estimate of drug-likeness (QED) is 0.230. The number of benzene rings is 2. The molecule has 0 aliphatic heterocycles. The first-order valence-electron chi connectivity index (χ1n) is 12.2. The number of amides is 1. The molecule has 182 valence electrons. The van der Waals surface area contributed by atoms with Gasteiger partial charge >= 0.3 is 0 Å². The summed E-state index contributed by atoms with van der Waals surface area (Å²) in [7, 11) is 0. The van der Waals surface area contributed by atoms with E-state index in [1.165, 1.54) is 41.6 Å². The van der Waals surface area contributed by atoms with Crippen molar-refractivity contribution in [2.24, 2.45) is 0 Å². The molecule has 0 bridgehead atoms. The Morgan fingerprint density at radius 2 is 1.60 bits per heavy atom. The molecule has 0 radical (unpaired) electrons. The summed E-state index contributed by atoms with van der Waals surface area (Å²) in [5, 5.41) is 9.02. The number of rotatable bonds is 13. The van der Waals surface area contributed by atoms with Crippen molar-refractivity contribution in [3.63, 3.8) is 0 Å². The van der Waals surface area contributed by atoms with Gasteiger partial charge in [0.05, 0.1) is 17.6 Å². The second-order valence-corrected chi connectivity index (χ2v) is 9.36. The van der Waals surface area contributed by atoms with E-state index in [0.29, 0.717) is 30.0 Å². The highest BCUT2D eigenvalue weighted by Gasteiger charge is 2.18. The van der Waals surface area contributed by atoms with Crippen LogP contribution in [-0.2, 0) is 19.6 Å². The molecule has 0 saturated carbocycles. The minimum Gasteiger partial charge on any atom is -0.477 e. The number of nitrogens with one attached hydrogen (secondary N) is 2. The highest BCUT2D eigenvalue weighted by atomic mass is 32.1. The molecule has 2 N–H and O–H groups in total. The minimum atomic E-state index is -0.143. The molecule has 1 amide bonds. The summed E-state index contributed by atoms with van der Waals surface area (Å²) >= 11 is 1.43. The van der Waals surface area contributed by atoms with Gasteiger partial charge < -0.3 is 15.4 Å². The van der Waals surface area contributed by atoms with Crippen molar-refractivity contribution in [2.75, 3.05) is 6.61 Å². The molecule has 0 spiro atoms. The Morgan fingerprint density at radius 1 is 0.886 bits per heavy atom. The Kier molecular flexibility index (Phi) is 9.20. The zero-order chi connectivity index (χ0) is 24.3. The second-order valence-electron chi connectivity index (χ2n) is 8.51. The lowest BCUT2D eigenvalue weighted by Crippen LogP contribution is -2.22. The second kappa shape index (κ2) is 13.0. The van der Waals surface area contributed by atoms with Crippen LogP contribution in [0, 0.1) is 0 Å². The van der Waals surface area contributed by atoms with E-state index in [0.717, 1.165) is 36.3 Å². The predicted molar refractivity (Wildman–Crippen MR) is 142 cm³/mol. The van der Waals surface area contributed by atoms with Gasteiger partial charge in [0.25, 0.3) is 5.91 Å². The van der Waals surface area contributed by atoms with Crippen molar-refractivity contribution in [3.8, 4) is 5.88 Å². The Hall–Kier alpha value is -3.29. The first kappa shape index (κ1) is 24.8. The van der Waals surface area contributed by atoms with Gasteiger partial charge in [-0.1, -0.05) is 80.8 Å². The molecule has 0 aliphatic carbocycles. The van der Waals surface area contributed by atoms with Gasteiger partial charge in [0.1, 0.15) is 11.2 Å². The average Bonchev–Trinajstić information content (AvgIpc) is 3.34. The third-order valence-electron chi connectivity index (χ3n) is 5.79. The molecule has 7 heteroatoms. The van der Waals surface area contributed by atoms with Gasteiger partial charge in [-0.25, -0.2) is 9.97 Å². The fraction of sp³-hybridized carbons (Fsp3) is 0.321. The van der Waals surface area contributed by atoms with Gasteiger partial charge in [-0.2, -0.15) is 0 Å². The predicted octanol–water partition coefficient (Wildman–Crippen LogP) is 5.87. The summed E-state index contributed by atoms with van der Waals surface area (Å²) in [6.45, 7) is 4.86. The van der Waals surface area contributed by atoms with E-state index in [-0.39, 0.29) is 5.91 Å². The van der Waals surface area contributed by atoms with Crippen LogP contribution in [0.2, 0.25) is 0 Å². The van der Waals surface area contributed by atoms with Crippen molar-refractivity contribution in [2.45, 2.75) is 52.2 Å². The van der Waals surface area contributed by atoms with Gasteiger partial charge in [0.15, 0.2) is 0 Å². The van der Waals surface area contributed by atoms with E-state index in [9.17, 15) is 4.79 Å². The maximum Gasteiger partial charge on any atom is 0.253 e. The highest BCUT2D eigenvalue weighted by molar-refractivity contribution is 7.17. The fourth-order valence-corrected chi connectivity index (χ4v) is 4.70. The maximum absolute atomic E-state index is 13.0. The molecule has 0 fully saturated rings. The van der Waals surface area contributed by atoms with Crippen molar-refractivity contribution >= 4 is 27.5 Å². The van der Waals surface area contributed by atoms with Crippen molar-refractivity contribution in [3.05, 3.63) is 88.6 Å². The van der Waals surface area contributed by atoms with Crippen LogP contribution in [0.4, 0.5) is 0 Å². The molecule has 2 heterocycles. The first-order chi connectivity index (χ1) is 17.2. The number of nitrogens with zero attached hydrogens (tertiary/aromatic N) is 2. The number of ether oxygens (including phenoxy) is 1. The number of carbonyl (C=O) groups is 1. The number of unbranched alkanes of at least 4 members (excludes halogenated alkanes) is 3. The van der Waals surface area contributed by atoms with E-state index >= 15 is 0 Å². The third-order valence-corrected chi connectivity index (χ3v) is 6.68. The lowest BCUT2D eigenvalue weighted by atomic mass is 10.1. The molecule has 0 saturated heterocycles. The zero-order valence-electron chi connectivity index (χ0n) is 20.1. The molecule has 35 heavy (non-hydrogen) atoms. The molecule has 4 aromatic rings. The molecule has 2 aromatic carbocycles. The smallest absolute Gasteiger partial charge is 0.253 e. The highest BCUT2D eigenvalue weighted by Crippen LogP contribution is 2.30. The van der Waals surface area contributed by atoms with Gasteiger partial charge in [0, 0.05) is 25.0 Å². The normalized spacial score (nSPS) is 11.0. The molecule has 0 aliphatic rings. The first-order valence-corrected chi connectivity index (χ1v) is 13.1. The van der Waals surface area contributed by atoms with Gasteiger partial charge in [-0.05, 0) is 23.1 Å². The topological polar surface area (TPSA) is 76.1 Å². The van der Waals surface area contributed by atoms with Crippen LogP contribution >= 0.6 is 11.3 Å². The van der Waals surface area contributed by atoms with E-state index in [2.05, 4.69) is 76.1 Å².